The zero-order valence-corrected chi connectivity index (χ0v) is 14.2. The summed E-state index contributed by atoms with van der Waals surface area (Å²) < 4.78 is 13.1. The molecule has 1 aliphatic carbocycles. The van der Waals surface area contributed by atoms with E-state index in [1.807, 2.05) is 12.1 Å². The number of piperazine rings is 1. The Morgan fingerprint density at radius 2 is 1.83 bits per heavy atom. The molecule has 1 aliphatic heterocycles. The van der Waals surface area contributed by atoms with E-state index < -0.39 is 5.60 Å². The smallest absolute Gasteiger partial charge is 0.123 e. The van der Waals surface area contributed by atoms with Gasteiger partial charge in [0.25, 0.3) is 0 Å². The van der Waals surface area contributed by atoms with Gasteiger partial charge in [-0.3, -0.25) is 0 Å². The predicted octanol–water partition coefficient (Wildman–Crippen LogP) is 2.54. The van der Waals surface area contributed by atoms with Gasteiger partial charge < -0.3 is 14.9 Å². The summed E-state index contributed by atoms with van der Waals surface area (Å²) in [6, 6.07) is 6.62. The van der Waals surface area contributed by atoms with E-state index in [0.717, 1.165) is 57.5 Å². The van der Waals surface area contributed by atoms with E-state index >= 15 is 0 Å². The third-order valence-electron chi connectivity index (χ3n) is 5.67. The first kappa shape index (κ1) is 16.9. The molecule has 0 aromatic heterocycles. The molecular weight excluding hydrogens is 291 g/mol. The second-order valence-electron chi connectivity index (χ2n) is 7.45. The van der Waals surface area contributed by atoms with Crippen LogP contribution in [0.5, 0.6) is 0 Å². The van der Waals surface area contributed by atoms with E-state index in [-0.39, 0.29) is 5.82 Å². The molecule has 2 atom stereocenters. The highest BCUT2D eigenvalue weighted by molar-refractivity contribution is 5.19. The SMILES string of the molecule is CN1CCN(CC2CCCCC2(O)Cc2ccc(F)cc2)CC1. The van der Waals surface area contributed by atoms with Crippen LogP contribution in [0, 0.1) is 11.7 Å². The summed E-state index contributed by atoms with van der Waals surface area (Å²) in [4.78, 5) is 4.87. The van der Waals surface area contributed by atoms with Crippen LogP contribution in [0.25, 0.3) is 0 Å². The van der Waals surface area contributed by atoms with Gasteiger partial charge in [-0.25, -0.2) is 4.39 Å². The standard InChI is InChI=1S/C19H29FN2O/c1-21-10-12-22(13-11-21)15-17-4-2-3-9-19(17,23)14-16-5-7-18(20)8-6-16/h5-8,17,23H,2-4,9-15H2,1H3. The Morgan fingerprint density at radius 1 is 1.13 bits per heavy atom. The molecule has 0 bridgehead atoms. The maximum absolute atomic E-state index is 13.1. The fraction of sp³-hybridized carbons (Fsp3) is 0.684. The van der Waals surface area contributed by atoms with Crippen LogP contribution < -0.4 is 0 Å². The highest BCUT2D eigenvalue weighted by atomic mass is 19.1. The number of hydrogen-bond acceptors (Lipinski definition) is 3. The van der Waals surface area contributed by atoms with Gasteiger partial charge in [-0.2, -0.15) is 0 Å². The Morgan fingerprint density at radius 3 is 2.52 bits per heavy atom. The summed E-state index contributed by atoms with van der Waals surface area (Å²) in [6.07, 6.45) is 4.92. The van der Waals surface area contributed by atoms with Gasteiger partial charge in [-0.05, 0) is 37.6 Å². The number of aliphatic hydroxyl groups is 1. The molecule has 3 nitrogen and oxygen atoms in total. The van der Waals surface area contributed by atoms with Gasteiger partial charge in [0.1, 0.15) is 5.82 Å². The minimum absolute atomic E-state index is 0.210. The Hall–Kier alpha value is -0.970. The van der Waals surface area contributed by atoms with Gasteiger partial charge in [-0.15, -0.1) is 0 Å². The van der Waals surface area contributed by atoms with Crippen molar-refractivity contribution in [1.29, 1.82) is 0 Å². The van der Waals surface area contributed by atoms with Gasteiger partial charge >= 0.3 is 0 Å². The van der Waals surface area contributed by atoms with Gasteiger partial charge in [0.15, 0.2) is 0 Å². The van der Waals surface area contributed by atoms with E-state index in [9.17, 15) is 9.50 Å². The van der Waals surface area contributed by atoms with Crippen molar-refractivity contribution >= 4 is 0 Å². The van der Waals surface area contributed by atoms with Crippen molar-refractivity contribution in [2.75, 3.05) is 39.8 Å². The molecule has 1 saturated heterocycles. The first-order valence-electron chi connectivity index (χ1n) is 8.93. The number of nitrogens with zero attached hydrogens (tertiary/aromatic N) is 2. The molecule has 3 rings (SSSR count). The molecule has 2 aliphatic rings. The molecule has 1 aromatic rings. The Kier molecular flexibility index (Phi) is 5.34. The maximum Gasteiger partial charge on any atom is 0.123 e. The van der Waals surface area contributed by atoms with E-state index in [4.69, 9.17) is 0 Å². The quantitative estimate of drug-likeness (QED) is 0.923. The number of rotatable bonds is 4. The Balaban J connectivity index is 1.65. The minimum atomic E-state index is -0.639. The van der Waals surface area contributed by atoms with E-state index in [0.29, 0.717) is 12.3 Å². The van der Waals surface area contributed by atoms with Crippen LogP contribution >= 0.6 is 0 Å². The van der Waals surface area contributed by atoms with Crippen LogP contribution in [-0.2, 0) is 6.42 Å². The Bertz CT molecular complexity index is 499. The minimum Gasteiger partial charge on any atom is -0.389 e. The molecule has 23 heavy (non-hydrogen) atoms. The molecule has 0 amide bonds. The van der Waals surface area contributed by atoms with Crippen molar-refractivity contribution in [3.05, 3.63) is 35.6 Å². The molecule has 1 saturated carbocycles. The highest BCUT2D eigenvalue weighted by Gasteiger charge is 2.39. The van der Waals surface area contributed by atoms with Gasteiger partial charge in [0.2, 0.25) is 0 Å². The molecule has 4 heteroatoms. The van der Waals surface area contributed by atoms with E-state index in [1.54, 1.807) is 0 Å². The van der Waals surface area contributed by atoms with Crippen LogP contribution in [-0.4, -0.2) is 60.3 Å². The summed E-state index contributed by atoms with van der Waals surface area (Å²) in [7, 11) is 2.17. The largest absolute Gasteiger partial charge is 0.389 e. The average Bonchev–Trinajstić information content (AvgIpc) is 2.54. The first-order valence-corrected chi connectivity index (χ1v) is 8.93. The molecule has 0 radical (unpaired) electrons. The third-order valence-corrected chi connectivity index (χ3v) is 5.67. The lowest BCUT2D eigenvalue weighted by Crippen LogP contribution is -2.52. The summed E-state index contributed by atoms with van der Waals surface area (Å²) in [5.41, 5.74) is 0.401. The lowest BCUT2D eigenvalue weighted by Gasteiger charge is -2.44. The lowest BCUT2D eigenvalue weighted by atomic mass is 9.72. The van der Waals surface area contributed by atoms with Gasteiger partial charge in [0, 0.05) is 45.1 Å². The first-order chi connectivity index (χ1) is 11.0. The summed E-state index contributed by atoms with van der Waals surface area (Å²) >= 11 is 0. The fourth-order valence-corrected chi connectivity index (χ4v) is 4.09. The molecule has 128 valence electrons. The van der Waals surface area contributed by atoms with Gasteiger partial charge in [-0.1, -0.05) is 25.0 Å². The maximum atomic E-state index is 13.1. The van der Waals surface area contributed by atoms with Crippen LogP contribution in [0.2, 0.25) is 0 Å². The summed E-state index contributed by atoms with van der Waals surface area (Å²) in [5.74, 6) is 0.114. The average molecular weight is 320 g/mol. The van der Waals surface area contributed by atoms with Crippen molar-refractivity contribution in [1.82, 2.24) is 9.80 Å². The summed E-state index contributed by atoms with van der Waals surface area (Å²) in [5, 5.41) is 11.3. The van der Waals surface area contributed by atoms with Crippen molar-refractivity contribution in [3.63, 3.8) is 0 Å². The second kappa shape index (κ2) is 7.29. The lowest BCUT2D eigenvalue weighted by molar-refractivity contribution is -0.0620. The monoisotopic (exact) mass is 320 g/mol. The normalized spacial score (nSPS) is 30.5. The molecule has 2 unspecified atom stereocenters. The number of halogens is 1. The molecule has 1 N–H and O–H groups in total. The second-order valence-corrected chi connectivity index (χ2v) is 7.45. The van der Waals surface area contributed by atoms with Crippen LogP contribution in [0.4, 0.5) is 4.39 Å². The fourth-order valence-electron chi connectivity index (χ4n) is 4.09. The zero-order valence-electron chi connectivity index (χ0n) is 14.2. The molecule has 1 heterocycles. The molecule has 2 fully saturated rings. The topological polar surface area (TPSA) is 26.7 Å². The van der Waals surface area contributed by atoms with Crippen molar-refractivity contribution in [2.24, 2.45) is 5.92 Å². The van der Waals surface area contributed by atoms with Crippen molar-refractivity contribution in [2.45, 2.75) is 37.7 Å². The third kappa shape index (κ3) is 4.31. The predicted molar refractivity (Wildman–Crippen MR) is 90.9 cm³/mol. The van der Waals surface area contributed by atoms with Crippen LogP contribution in [0.3, 0.4) is 0 Å². The van der Waals surface area contributed by atoms with Crippen LogP contribution in [0.1, 0.15) is 31.2 Å². The van der Waals surface area contributed by atoms with Gasteiger partial charge in [0.05, 0.1) is 5.60 Å². The molecule has 1 aromatic carbocycles. The molecular formula is C19H29FN2O. The van der Waals surface area contributed by atoms with E-state index in [2.05, 4.69) is 16.8 Å². The van der Waals surface area contributed by atoms with Crippen molar-refractivity contribution < 1.29 is 9.50 Å². The van der Waals surface area contributed by atoms with Crippen LogP contribution in [0.15, 0.2) is 24.3 Å². The van der Waals surface area contributed by atoms with E-state index in [1.165, 1.54) is 18.6 Å². The summed E-state index contributed by atoms with van der Waals surface area (Å²) in [6.45, 7) is 5.41. The zero-order chi connectivity index (χ0) is 16.3. The number of benzene rings is 1. The highest BCUT2D eigenvalue weighted by Crippen LogP contribution is 2.37. The number of hydrogen-bond donors (Lipinski definition) is 1. The molecule has 0 spiro atoms. The Labute approximate surface area is 139 Å². The number of likely N-dealkylation sites (N-methyl/N-ethyl adjacent to an activating group) is 1. The van der Waals surface area contributed by atoms with Crippen molar-refractivity contribution in [3.8, 4) is 0 Å².